The molecule has 38 nitrogen and oxygen atoms in total. The first-order valence-corrected chi connectivity index (χ1v) is 49.8. The van der Waals surface area contributed by atoms with Gasteiger partial charge in [0.15, 0.2) is 84.9 Å². The molecular weight excluding hydrogens is 1860 g/mol. The number of ether oxygens (including phenoxy) is 11. The zero-order chi connectivity index (χ0) is 100. The minimum absolute atomic E-state index is 0.160. The second kappa shape index (κ2) is 51.0. The largest absolute Gasteiger partial charge is 0.508 e. The number of anilines is 5. The van der Waals surface area contributed by atoms with Crippen molar-refractivity contribution in [2.45, 2.75) is 64.7 Å². The van der Waals surface area contributed by atoms with E-state index < -0.39 is 0 Å². The maximum absolute atomic E-state index is 11.2. The maximum atomic E-state index is 11.2. The molecule has 22 rings (SSSR count). The van der Waals surface area contributed by atoms with E-state index in [1.807, 2.05) is 136 Å². The van der Waals surface area contributed by atoms with Crippen LogP contribution in [-0.4, -0.2) is 315 Å². The molecule has 0 radical (unpaired) electrons. The average Bonchev–Trinajstić information content (AvgIpc) is 0.883. The predicted molar refractivity (Wildman–Crippen MR) is 559 cm³/mol. The number of hydrogen-bond donors (Lipinski definition) is 4. The highest BCUT2D eigenvalue weighted by Gasteiger charge is 2.28. The van der Waals surface area contributed by atoms with Gasteiger partial charge in [0.2, 0.25) is 0 Å². The normalized spacial score (nSPS) is 15.9. The summed E-state index contributed by atoms with van der Waals surface area (Å²) >= 11 is 0. The standard InChI is InChI=1S/C25H31N5O3.C23H27N5O2.C21H25N5O3.C20H20N4O4.C19H21N5O2/c1-31-18-33-21-7-5-6-20(15-21)24-27-22-14-19(17-29-8-3-2-4-9-29)16-26-23(22)25(28-24)30-10-12-32-13-11-30;29-19-6-4-5-18(14-19)22-25-20-13-17(16-27-7-2-1-3-8-27)15-24-21(20)23(26-22)28-9-11-30-12-10-28;1-22-12-15-10-18-19(23-13-15)21(26-6-8-28-9-7-26)25-20(24-18)16-4-3-5-17(11-16)29-14-27-2;1-26-13-28-16-4-2-3-15(10-16)19-22-17-9-14(12-25)11-21-18(17)20(23-19)24-5-7-27-8-6-24;1-20-11-13-9-16-17(21-12-13)19(24-5-7-26-8-6-24)23-18(22-16)14-3-2-4-15(25)10-14/h5-7,14-16H,2-4,8-13,17-18H2,1H3;4-6,13-15,29H,1-3,7-12,16H2;3-5,10-11,13,22H,6-9,12,14H2,1-2H3;2-4,9-12H,5-8,13H2,1H3;2-4,9-10,12,20,25H,5-8,11H2,1H3. The van der Waals surface area contributed by atoms with E-state index in [9.17, 15) is 15.0 Å². The van der Waals surface area contributed by atoms with Crippen molar-refractivity contribution in [1.82, 2.24) is 95.2 Å². The first kappa shape index (κ1) is 102. The van der Waals surface area contributed by atoms with Crippen molar-refractivity contribution in [1.29, 1.82) is 0 Å². The van der Waals surface area contributed by atoms with Crippen LogP contribution in [0.3, 0.4) is 0 Å². The van der Waals surface area contributed by atoms with Gasteiger partial charge in [0.25, 0.3) is 0 Å². The van der Waals surface area contributed by atoms with Crippen LogP contribution in [0.25, 0.3) is 112 Å². The van der Waals surface area contributed by atoms with Crippen LogP contribution in [0.5, 0.6) is 28.7 Å². The van der Waals surface area contributed by atoms with E-state index in [4.69, 9.17) is 107 Å². The van der Waals surface area contributed by atoms with Gasteiger partial charge in [-0.2, -0.15) is 0 Å². The first-order valence-electron chi connectivity index (χ1n) is 49.8. The highest BCUT2D eigenvalue weighted by molar-refractivity contribution is 5.94. The molecule has 7 saturated heterocycles. The molecule has 4 N–H and O–H groups in total. The van der Waals surface area contributed by atoms with Gasteiger partial charge >= 0.3 is 0 Å². The number of piperidine rings is 2. The second-order valence-electron chi connectivity index (χ2n) is 36.0. The number of nitrogens with zero attached hydrogens (tertiary/aromatic N) is 22. The Morgan fingerprint density at radius 3 is 0.842 bits per heavy atom. The van der Waals surface area contributed by atoms with Gasteiger partial charge in [-0.15, -0.1) is 0 Å². The van der Waals surface area contributed by atoms with E-state index >= 15 is 0 Å². The molecule has 760 valence electrons. The summed E-state index contributed by atoms with van der Waals surface area (Å²) in [5.74, 6) is 9.65. The Morgan fingerprint density at radius 1 is 0.308 bits per heavy atom. The van der Waals surface area contributed by atoms with Crippen molar-refractivity contribution < 1.29 is 67.1 Å². The Labute approximate surface area is 847 Å². The van der Waals surface area contributed by atoms with Gasteiger partial charge in [0.05, 0.1) is 93.7 Å². The summed E-state index contributed by atoms with van der Waals surface area (Å²) in [6.45, 7) is 22.8. The predicted octanol–water partition coefficient (Wildman–Crippen LogP) is 13.2. The highest BCUT2D eigenvalue weighted by Crippen LogP contribution is 2.38. The fraction of sp³-hybridized carbons (Fsp3) is 0.389. The minimum Gasteiger partial charge on any atom is -0.508 e. The summed E-state index contributed by atoms with van der Waals surface area (Å²) in [4.78, 5) is 98.8. The number of aromatic hydroxyl groups is 2. The number of phenolic OH excluding ortho intramolecular Hbond substituents is 2. The Morgan fingerprint density at radius 2 is 0.568 bits per heavy atom. The lowest BCUT2D eigenvalue weighted by Crippen LogP contribution is -2.37. The molecule has 0 aliphatic carbocycles. The first-order chi connectivity index (χ1) is 71.9. The second-order valence-corrected chi connectivity index (χ2v) is 36.0. The number of nitrogens with one attached hydrogen (secondary N) is 2. The third-order valence-corrected chi connectivity index (χ3v) is 25.5. The van der Waals surface area contributed by atoms with Crippen LogP contribution < -0.4 is 49.3 Å². The number of carbonyl (C=O) groups is 1. The molecule has 0 atom stereocenters. The topological polar surface area (TPSA) is 399 Å². The molecule has 38 heteroatoms. The minimum atomic E-state index is 0.160. The summed E-state index contributed by atoms with van der Waals surface area (Å²) in [7, 11) is 8.60. The lowest BCUT2D eigenvalue weighted by molar-refractivity contribution is 0.0510. The van der Waals surface area contributed by atoms with Gasteiger partial charge in [-0.3, -0.25) is 34.5 Å². The molecule has 0 bridgehead atoms. The third-order valence-electron chi connectivity index (χ3n) is 25.5. The van der Waals surface area contributed by atoms with Gasteiger partial charge < -0.3 is 97.5 Å². The Kier molecular flexibility index (Phi) is 35.6. The van der Waals surface area contributed by atoms with Crippen LogP contribution in [0.1, 0.15) is 71.1 Å². The van der Waals surface area contributed by atoms with Crippen LogP contribution >= 0.6 is 0 Å². The molecule has 15 aromatic rings. The van der Waals surface area contributed by atoms with E-state index in [2.05, 4.69) is 83.1 Å². The molecule has 5 aromatic carbocycles. The Bertz CT molecular complexity index is 6880. The van der Waals surface area contributed by atoms with Crippen LogP contribution in [0.2, 0.25) is 0 Å². The fourth-order valence-corrected chi connectivity index (χ4v) is 18.3. The highest BCUT2D eigenvalue weighted by atomic mass is 16.7. The number of aromatic nitrogens is 15. The SMILES string of the molecule is CNCc1cnc2c(N3CCOCC3)nc(-c3cccc(O)c3)nc2c1.CNCc1cnc2c(N3CCOCC3)nc(-c3cccc(OCOC)c3)nc2c1.COCOc1cccc(-c2nc(N3CCOCC3)c3ncc(C=O)cc3n2)c1.COCOc1cccc(-c2nc(N3CCOCC3)c3ncc(CN4CCCCC4)cc3n2)c1.Oc1cccc(-c2nc(N3CCOCC3)c3ncc(CN4CCCCC4)cc3n2)c1. The van der Waals surface area contributed by atoms with Crippen molar-refractivity contribution in [3.8, 4) is 85.7 Å². The zero-order valence-corrected chi connectivity index (χ0v) is 83.2. The number of phenols is 2. The fourth-order valence-electron chi connectivity index (χ4n) is 18.3. The van der Waals surface area contributed by atoms with Crippen LogP contribution in [-0.2, 0) is 64.1 Å². The number of methoxy groups -OCH3 is 3. The molecule has 146 heavy (non-hydrogen) atoms. The summed E-state index contributed by atoms with van der Waals surface area (Å²) in [5.41, 5.74) is 17.1. The summed E-state index contributed by atoms with van der Waals surface area (Å²) < 4.78 is 59.3. The smallest absolute Gasteiger partial charge is 0.188 e. The van der Waals surface area contributed by atoms with Crippen molar-refractivity contribution in [2.75, 3.05) is 238 Å². The van der Waals surface area contributed by atoms with Gasteiger partial charge in [-0.1, -0.05) is 73.5 Å². The van der Waals surface area contributed by atoms with Gasteiger partial charge in [-0.25, -0.2) is 54.8 Å². The summed E-state index contributed by atoms with van der Waals surface area (Å²) in [6.07, 6.45) is 17.8. The van der Waals surface area contributed by atoms with Crippen molar-refractivity contribution >= 4 is 90.5 Å². The summed E-state index contributed by atoms with van der Waals surface area (Å²) in [5, 5.41) is 26.0. The van der Waals surface area contributed by atoms with E-state index in [-0.39, 0.29) is 31.9 Å². The van der Waals surface area contributed by atoms with Crippen molar-refractivity contribution in [2.24, 2.45) is 0 Å². The molecule has 7 aliphatic heterocycles. The molecule has 0 saturated carbocycles. The zero-order valence-electron chi connectivity index (χ0n) is 83.2. The number of aldehydes is 1. The van der Waals surface area contributed by atoms with E-state index in [1.165, 1.54) is 49.7 Å². The van der Waals surface area contributed by atoms with E-state index in [0.29, 0.717) is 123 Å². The number of rotatable bonds is 28. The van der Waals surface area contributed by atoms with Gasteiger partial charge in [-0.05, 0) is 179 Å². The molecule has 7 aliphatic rings. The third kappa shape index (κ3) is 26.5. The number of hydrogen-bond acceptors (Lipinski definition) is 38. The quantitative estimate of drug-likeness (QED) is 0.0261. The maximum Gasteiger partial charge on any atom is 0.188 e. The molecule has 0 amide bonds. The van der Waals surface area contributed by atoms with Crippen LogP contribution in [0.15, 0.2) is 183 Å². The number of likely N-dealkylation sites (tertiary alicyclic amines) is 2. The lowest BCUT2D eigenvalue weighted by Gasteiger charge is -2.29. The number of pyridine rings is 5. The molecular formula is C108H124N24O14. The molecule has 0 unspecified atom stereocenters. The monoisotopic (exact) mass is 1980 g/mol. The number of fused-ring (bicyclic) bond motifs is 5. The Hall–Kier alpha value is -14.3. The summed E-state index contributed by atoms with van der Waals surface area (Å²) in [6, 6.07) is 47.3. The van der Waals surface area contributed by atoms with Crippen LogP contribution in [0.4, 0.5) is 29.1 Å². The molecule has 17 heterocycles. The average molecular weight is 1980 g/mol. The number of carbonyl (C=O) groups excluding carboxylic acids is 1. The van der Waals surface area contributed by atoms with Crippen molar-refractivity contribution in [3.63, 3.8) is 0 Å². The molecule has 10 aromatic heterocycles. The lowest BCUT2D eigenvalue weighted by atomic mass is 10.1. The van der Waals surface area contributed by atoms with Gasteiger partial charge in [0.1, 0.15) is 56.3 Å². The van der Waals surface area contributed by atoms with Crippen LogP contribution in [0, 0.1) is 0 Å². The van der Waals surface area contributed by atoms with Gasteiger partial charge in [0, 0.05) is 177 Å². The van der Waals surface area contributed by atoms with Crippen molar-refractivity contribution in [3.05, 3.63) is 210 Å². The Balaban J connectivity index is 0.000000120. The van der Waals surface area contributed by atoms with E-state index in [1.54, 1.807) is 63.9 Å². The number of benzene rings is 5. The molecule has 7 fully saturated rings. The van der Waals surface area contributed by atoms with E-state index in [0.717, 1.165) is 242 Å². The molecule has 0 spiro atoms. The number of morpholine rings is 5.